The maximum Gasteiger partial charge on any atom is 0.172 e. The van der Waals surface area contributed by atoms with E-state index in [0.29, 0.717) is 30.1 Å². The van der Waals surface area contributed by atoms with Crippen LogP contribution in [0.5, 0.6) is 11.5 Å². The normalized spacial score (nSPS) is 18.9. The number of benzene rings is 1. The highest BCUT2D eigenvalue weighted by Gasteiger charge is 2.26. The van der Waals surface area contributed by atoms with Gasteiger partial charge in [0.1, 0.15) is 6.10 Å². The summed E-state index contributed by atoms with van der Waals surface area (Å²) >= 11 is 0. The first-order valence-electron chi connectivity index (χ1n) is 5.68. The average Bonchev–Trinajstić information content (AvgIpc) is 2.26. The number of Topliss-reactive ketones (excluding diaryl/α,β-unsaturated/α-hetero) is 1. The molecule has 0 aromatic heterocycles. The van der Waals surface area contributed by atoms with Crippen molar-refractivity contribution in [3.05, 3.63) is 23.8 Å². The lowest BCUT2D eigenvalue weighted by molar-refractivity contribution is 0.0862. The molecule has 1 aromatic carbocycles. The van der Waals surface area contributed by atoms with Crippen molar-refractivity contribution in [1.82, 2.24) is 0 Å². The first-order valence-corrected chi connectivity index (χ1v) is 5.68. The number of rotatable bonds is 3. The highest BCUT2D eigenvalue weighted by molar-refractivity contribution is 6.00. The van der Waals surface area contributed by atoms with Gasteiger partial charge in [0.2, 0.25) is 0 Å². The summed E-state index contributed by atoms with van der Waals surface area (Å²) in [4.78, 5) is 11.8. The smallest absolute Gasteiger partial charge is 0.172 e. The van der Waals surface area contributed by atoms with Crippen molar-refractivity contribution in [2.45, 2.75) is 32.8 Å². The molecule has 0 saturated heterocycles. The zero-order chi connectivity index (χ0) is 11.5. The summed E-state index contributed by atoms with van der Waals surface area (Å²) in [7, 11) is 0. The van der Waals surface area contributed by atoms with Gasteiger partial charge >= 0.3 is 0 Å². The van der Waals surface area contributed by atoms with E-state index in [1.165, 1.54) is 0 Å². The zero-order valence-corrected chi connectivity index (χ0v) is 9.66. The lowest BCUT2D eigenvalue weighted by atomic mass is 10.0. The molecular weight excluding hydrogens is 204 g/mol. The predicted octanol–water partition coefficient (Wildman–Crippen LogP) is 2.83. The van der Waals surface area contributed by atoms with Gasteiger partial charge in [-0.25, -0.2) is 0 Å². The molecule has 2 rings (SSSR count). The van der Waals surface area contributed by atoms with Crippen LogP contribution in [0, 0.1) is 0 Å². The van der Waals surface area contributed by atoms with E-state index in [-0.39, 0.29) is 11.9 Å². The molecule has 1 unspecified atom stereocenters. The molecule has 1 aliphatic rings. The molecule has 0 N–H and O–H groups in total. The fraction of sp³-hybridized carbons (Fsp3) is 0.462. The Hall–Kier alpha value is -1.51. The van der Waals surface area contributed by atoms with Crippen LogP contribution in [0.4, 0.5) is 0 Å². The second-order valence-corrected chi connectivity index (χ2v) is 4.04. The first kappa shape index (κ1) is 11.0. The number of hydrogen-bond donors (Lipinski definition) is 0. The summed E-state index contributed by atoms with van der Waals surface area (Å²) in [5, 5.41) is 0. The second kappa shape index (κ2) is 4.56. The fourth-order valence-corrected chi connectivity index (χ4v) is 1.80. The average molecular weight is 220 g/mol. The third-order valence-corrected chi connectivity index (χ3v) is 2.53. The Morgan fingerprint density at radius 1 is 1.50 bits per heavy atom. The molecule has 0 bridgehead atoms. The van der Waals surface area contributed by atoms with Crippen LogP contribution in [-0.4, -0.2) is 18.5 Å². The Morgan fingerprint density at radius 2 is 2.31 bits per heavy atom. The van der Waals surface area contributed by atoms with Crippen molar-refractivity contribution in [3.63, 3.8) is 0 Å². The van der Waals surface area contributed by atoms with Crippen LogP contribution in [0.3, 0.4) is 0 Å². The Labute approximate surface area is 95.4 Å². The van der Waals surface area contributed by atoms with Crippen LogP contribution >= 0.6 is 0 Å². The number of ether oxygens (including phenoxy) is 2. The van der Waals surface area contributed by atoms with Gasteiger partial charge in [0.25, 0.3) is 0 Å². The zero-order valence-electron chi connectivity index (χ0n) is 9.66. The van der Waals surface area contributed by atoms with Crippen molar-refractivity contribution in [2.24, 2.45) is 0 Å². The lowest BCUT2D eigenvalue weighted by Gasteiger charge is -2.24. The molecule has 0 spiro atoms. The number of hydrogen-bond acceptors (Lipinski definition) is 3. The first-order chi connectivity index (χ1) is 7.72. The van der Waals surface area contributed by atoms with E-state index in [0.717, 1.165) is 6.42 Å². The maximum absolute atomic E-state index is 11.8. The van der Waals surface area contributed by atoms with Gasteiger partial charge in [-0.15, -0.1) is 0 Å². The molecule has 1 atom stereocenters. The SMILES string of the molecule is CCCOc1cccc2c1OC(C)CC2=O. The van der Waals surface area contributed by atoms with E-state index in [2.05, 4.69) is 0 Å². The van der Waals surface area contributed by atoms with Crippen LogP contribution < -0.4 is 9.47 Å². The van der Waals surface area contributed by atoms with Crippen LogP contribution in [-0.2, 0) is 0 Å². The minimum Gasteiger partial charge on any atom is -0.490 e. The van der Waals surface area contributed by atoms with Crippen LogP contribution in [0.1, 0.15) is 37.0 Å². The molecule has 1 aromatic rings. The number of carbonyl (C=O) groups excluding carboxylic acids is 1. The molecular formula is C13H16O3. The molecule has 0 radical (unpaired) electrons. The Bertz CT molecular complexity index is 398. The summed E-state index contributed by atoms with van der Waals surface area (Å²) in [6.45, 7) is 4.59. The van der Waals surface area contributed by atoms with E-state index in [4.69, 9.17) is 9.47 Å². The number of ketones is 1. The monoisotopic (exact) mass is 220 g/mol. The molecule has 0 amide bonds. The molecule has 0 aliphatic carbocycles. The summed E-state index contributed by atoms with van der Waals surface area (Å²) in [6.07, 6.45) is 1.32. The molecule has 3 heteroatoms. The van der Waals surface area contributed by atoms with Crippen LogP contribution in [0.15, 0.2) is 18.2 Å². The van der Waals surface area contributed by atoms with Gasteiger partial charge in [-0.1, -0.05) is 13.0 Å². The van der Waals surface area contributed by atoms with E-state index in [1.807, 2.05) is 26.0 Å². The van der Waals surface area contributed by atoms with Gasteiger partial charge in [0, 0.05) is 6.42 Å². The largest absolute Gasteiger partial charge is 0.490 e. The van der Waals surface area contributed by atoms with Crippen molar-refractivity contribution < 1.29 is 14.3 Å². The third-order valence-electron chi connectivity index (χ3n) is 2.53. The standard InChI is InChI=1S/C13H16O3/c1-3-7-15-12-6-4-5-10-11(14)8-9(2)16-13(10)12/h4-6,9H,3,7-8H2,1-2H3. The van der Waals surface area contributed by atoms with Gasteiger partial charge in [0.15, 0.2) is 17.3 Å². The Balaban J connectivity index is 2.34. The van der Waals surface area contributed by atoms with E-state index in [9.17, 15) is 4.79 Å². The van der Waals surface area contributed by atoms with E-state index < -0.39 is 0 Å². The molecule has 1 aliphatic heterocycles. The lowest BCUT2D eigenvalue weighted by Crippen LogP contribution is -2.24. The topological polar surface area (TPSA) is 35.5 Å². The van der Waals surface area contributed by atoms with Crippen LogP contribution in [0.25, 0.3) is 0 Å². The van der Waals surface area contributed by atoms with Crippen molar-refractivity contribution in [1.29, 1.82) is 0 Å². The van der Waals surface area contributed by atoms with Crippen molar-refractivity contribution in [2.75, 3.05) is 6.61 Å². The van der Waals surface area contributed by atoms with E-state index in [1.54, 1.807) is 6.07 Å². The molecule has 16 heavy (non-hydrogen) atoms. The summed E-state index contributed by atoms with van der Waals surface area (Å²) in [6, 6.07) is 5.48. The van der Waals surface area contributed by atoms with E-state index >= 15 is 0 Å². The highest BCUT2D eigenvalue weighted by atomic mass is 16.5. The van der Waals surface area contributed by atoms with Gasteiger partial charge in [0.05, 0.1) is 12.2 Å². The fourth-order valence-electron chi connectivity index (χ4n) is 1.80. The molecule has 86 valence electrons. The maximum atomic E-state index is 11.8. The Morgan fingerprint density at radius 3 is 3.06 bits per heavy atom. The molecule has 0 saturated carbocycles. The minimum atomic E-state index is -0.0635. The van der Waals surface area contributed by atoms with Gasteiger partial charge in [-0.2, -0.15) is 0 Å². The van der Waals surface area contributed by atoms with Crippen LogP contribution in [0.2, 0.25) is 0 Å². The van der Waals surface area contributed by atoms with Gasteiger partial charge in [-0.05, 0) is 25.5 Å². The molecule has 3 nitrogen and oxygen atoms in total. The number of carbonyl (C=O) groups is 1. The summed E-state index contributed by atoms with van der Waals surface area (Å²) in [5.74, 6) is 1.43. The molecule has 1 heterocycles. The molecule has 0 fully saturated rings. The quantitative estimate of drug-likeness (QED) is 0.785. The van der Waals surface area contributed by atoms with Crippen molar-refractivity contribution in [3.8, 4) is 11.5 Å². The predicted molar refractivity (Wildman–Crippen MR) is 61.3 cm³/mol. The Kier molecular flexibility index (Phi) is 3.13. The number of fused-ring (bicyclic) bond motifs is 1. The second-order valence-electron chi connectivity index (χ2n) is 4.04. The van der Waals surface area contributed by atoms with Crippen molar-refractivity contribution >= 4 is 5.78 Å². The summed E-state index contributed by atoms with van der Waals surface area (Å²) < 4.78 is 11.3. The number of para-hydroxylation sites is 1. The highest BCUT2D eigenvalue weighted by Crippen LogP contribution is 2.36. The third kappa shape index (κ3) is 2.03. The van der Waals surface area contributed by atoms with Gasteiger partial charge in [-0.3, -0.25) is 4.79 Å². The van der Waals surface area contributed by atoms with Gasteiger partial charge < -0.3 is 9.47 Å². The summed E-state index contributed by atoms with van der Waals surface area (Å²) in [5.41, 5.74) is 0.645. The minimum absolute atomic E-state index is 0.0635.